The third-order valence-electron chi connectivity index (χ3n) is 3.07. The van der Waals surface area contributed by atoms with E-state index in [9.17, 15) is 4.79 Å². The van der Waals surface area contributed by atoms with Crippen molar-refractivity contribution in [2.45, 2.75) is 0 Å². The van der Waals surface area contributed by atoms with Crippen molar-refractivity contribution < 1.29 is 4.79 Å². The fourth-order valence-corrected chi connectivity index (χ4v) is 2.38. The number of nitrogens with one attached hydrogen (secondary N) is 1. The van der Waals surface area contributed by atoms with Crippen LogP contribution in [0.1, 0.15) is 10.4 Å². The minimum atomic E-state index is -0.221. The fourth-order valence-electron chi connectivity index (χ4n) is 2.03. The largest absolute Gasteiger partial charge is 0.320 e. The van der Waals surface area contributed by atoms with Crippen molar-refractivity contribution in [3.05, 3.63) is 70.3 Å². The number of hydrogen-bond donors (Lipinski definition) is 1. The monoisotopic (exact) mass is 316 g/mol. The first-order valence-corrected chi connectivity index (χ1v) is 7.01. The van der Waals surface area contributed by atoms with Crippen LogP contribution in [0.15, 0.2) is 54.7 Å². The molecule has 1 amide bonds. The molecule has 104 valence electrons. The summed E-state index contributed by atoms with van der Waals surface area (Å²) < 4.78 is 0. The van der Waals surface area contributed by atoms with E-state index in [1.54, 1.807) is 48.7 Å². The second-order valence-corrected chi connectivity index (χ2v) is 5.30. The van der Waals surface area contributed by atoms with Gasteiger partial charge < -0.3 is 5.32 Å². The predicted octanol–water partition coefficient (Wildman–Crippen LogP) is 4.79. The molecule has 0 spiro atoms. The van der Waals surface area contributed by atoms with Crippen LogP contribution in [0.2, 0.25) is 10.0 Å². The summed E-state index contributed by atoms with van der Waals surface area (Å²) in [6.45, 7) is 0. The quantitative estimate of drug-likeness (QED) is 0.738. The predicted molar refractivity (Wildman–Crippen MR) is 86.2 cm³/mol. The number of carbonyl (C=O) groups excluding carboxylic acids is 1. The van der Waals surface area contributed by atoms with Crippen LogP contribution in [-0.2, 0) is 0 Å². The van der Waals surface area contributed by atoms with Crippen LogP contribution >= 0.6 is 23.2 Å². The highest BCUT2D eigenvalue weighted by molar-refractivity contribution is 6.36. The van der Waals surface area contributed by atoms with Gasteiger partial charge in [0.25, 0.3) is 5.91 Å². The van der Waals surface area contributed by atoms with E-state index in [2.05, 4.69) is 10.3 Å². The van der Waals surface area contributed by atoms with Gasteiger partial charge in [-0.05, 0) is 48.5 Å². The van der Waals surface area contributed by atoms with Crippen molar-refractivity contribution in [1.82, 2.24) is 4.98 Å². The highest BCUT2D eigenvalue weighted by Gasteiger charge is 2.10. The molecule has 1 heterocycles. The van der Waals surface area contributed by atoms with Crippen LogP contribution in [0.5, 0.6) is 0 Å². The molecule has 1 N–H and O–H groups in total. The Labute approximate surface area is 131 Å². The van der Waals surface area contributed by atoms with Gasteiger partial charge in [-0.25, -0.2) is 0 Å². The van der Waals surface area contributed by atoms with Gasteiger partial charge in [-0.2, -0.15) is 0 Å². The van der Waals surface area contributed by atoms with E-state index in [4.69, 9.17) is 23.2 Å². The average molecular weight is 317 g/mol. The number of benzene rings is 2. The molecule has 2 aromatic carbocycles. The van der Waals surface area contributed by atoms with Gasteiger partial charge in [-0.15, -0.1) is 0 Å². The number of hydrogen-bond acceptors (Lipinski definition) is 2. The zero-order valence-corrected chi connectivity index (χ0v) is 12.3. The number of nitrogens with zero attached hydrogens (tertiary/aromatic N) is 1. The summed E-state index contributed by atoms with van der Waals surface area (Å²) in [5.74, 6) is -0.221. The highest BCUT2D eigenvalue weighted by atomic mass is 35.5. The minimum absolute atomic E-state index is 0.221. The van der Waals surface area contributed by atoms with Gasteiger partial charge in [-0.1, -0.05) is 23.2 Å². The van der Waals surface area contributed by atoms with E-state index in [1.807, 2.05) is 6.07 Å². The molecule has 0 aliphatic heterocycles. The number of rotatable bonds is 2. The lowest BCUT2D eigenvalue weighted by molar-refractivity contribution is 0.102. The summed E-state index contributed by atoms with van der Waals surface area (Å²) in [7, 11) is 0. The van der Waals surface area contributed by atoms with E-state index < -0.39 is 0 Å². The molecular formula is C16H10Cl2N2O. The van der Waals surface area contributed by atoms with Crippen LogP contribution < -0.4 is 5.32 Å². The van der Waals surface area contributed by atoms with Crippen LogP contribution in [0.25, 0.3) is 10.9 Å². The number of pyridine rings is 1. The van der Waals surface area contributed by atoms with Crippen molar-refractivity contribution in [2.75, 3.05) is 5.32 Å². The zero-order valence-electron chi connectivity index (χ0n) is 10.8. The third kappa shape index (κ3) is 2.84. The Hall–Kier alpha value is -2.10. The topological polar surface area (TPSA) is 42.0 Å². The Morgan fingerprint density at radius 3 is 2.52 bits per heavy atom. The molecule has 3 rings (SSSR count). The summed E-state index contributed by atoms with van der Waals surface area (Å²) >= 11 is 11.9. The summed E-state index contributed by atoms with van der Waals surface area (Å²) in [5.41, 5.74) is 1.81. The normalized spacial score (nSPS) is 10.6. The first-order chi connectivity index (χ1) is 10.1. The molecule has 0 aliphatic carbocycles. The molecule has 0 unspecified atom stereocenters. The van der Waals surface area contributed by atoms with Gasteiger partial charge in [-0.3, -0.25) is 9.78 Å². The Morgan fingerprint density at radius 1 is 1.00 bits per heavy atom. The molecule has 0 aliphatic rings. The summed E-state index contributed by atoms with van der Waals surface area (Å²) in [5, 5.41) is 4.83. The first-order valence-electron chi connectivity index (χ1n) is 6.25. The zero-order chi connectivity index (χ0) is 14.8. The SMILES string of the molecule is O=C(Nc1ccc(Cl)c2cccnc12)c1ccc(Cl)cc1. The van der Waals surface area contributed by atoms with E-state index >= 15 is 0 Å². The summed E-state index contributed by atoms with van der Waals surface area (Å²) in [4.78, 5) is 16.5. The van der Waals surface area contributed by atoms with Gasteiger partial charge in [0.2, 0.25) is 0 Å². The third-order valence-corrected chi connectivity index (χ3v) is 3.65. The number of aromatic nitrogens is 1. The van der Waals surface area contributed by atoms with E-state index in [0.717, 1.165) is 5.39 Å². The van der Waals surface area contributed by atoms with Crippen molar-refractivity contribution in [2.24, 2.45) is 0 Å². The van der Waals surface area contributed by atoms with Gasteiger partial charge in [0.15, 0.2) is 0 Å². The van der Waals surface area contributed by atoms with Crippen molar-refractivity contribution in [3.8, 4) is 0 Å². The highest BCUT2D eigenvalue weighted by Crippen LogP contribution is 2.28. The van der Waals surface area contributed by atoms with E-state index in [0.29, 0.717) is 26.8 Å². The lowest BCUT2D eigenvalue weighted by Crippen LogP contribution is -2.12. The Bertz CT molecular complexity index is 816. The molecule has 0 radical (unpaired) electrons. The molecule has 5 heteroatoms. The number of halogens is 2. The van der Waals surface area contributed by atoms with E-state index in [-0.39, 0.29) is 5.91 Å². The number of fused-ring (bicyclic) bond motifs is 1. The smallest absolute Gasteiger partial charge is 0.255 e. The van der Waals surface area contributed by atoms with Gasteiger partial charge in [0.1, 0.15) is 0 Å². The molecule has 0 fully saturated rings. The second-order valence-electron chi connectivity index (χ2n) is 4.46. The maximum atomic E-state index is 12.2. The molecule has 0 saturated carbocycles. The molecular weight excluding hydrogens is 307 g/mol. The molecule has 3 aromatic rings. The Morgan fingerprint density at radius 2 is 1.76 bits per heavy atom. The molecule has 1 aromatic heterocycles. The molecule has 0 saturated heterocycles. The maximum Gasteiger partial charge on any atom is 0.255 e. The van der Waals surface area contributed by atoms with Gasteiger partial charge >= 0.3 is 0 Å². The van der Waals surface area contributed by atoms with Crippen LogP contribution in [0.3, 0.4) is 0 Å². The Balaban J connectivity index is 1.97. The second kappa shape index (κ2) is 5.72. The summed E-state index contributed by atoms with van der Waals surface area (Å²) in [6.07, 6.45) is 1.66. The molecule has 3 nitrogen and oxygen atoms in total. The lowest BCUT2D eigenvalue weighted by Gasteiger charge is -2.09. The van der Waals surface area contributed by atoms with Gasteiger partial charge in [0, 0.05) is 22.2 Å². The van der Waals surface area contributed by atoms with Crippen molar-refractivity contribution in [1.29, 1.82) is 0 Å². The van der Waals surface area contributed by atoms with Crippen LogP contribution in [0.4, 0.5) is 5.69 Å². The molecule has 0 bridgehead atoms. The van der Waals surface area contributed by atoms with Crippen molar-refractivity contribution in [3.63, 3.8) is 0 Å². The van der Waals surface area contributed by atoms with E-state index in [1.165, 1.54) is 0 Å². The van der Waals surface area contributed by atoms with Crippen LogP contribution in [0, 0.1) is 0 Å². The first kappa shape index (κ1) is 13.9. The number of carbonyl (C=O) groups is 1. The summed E-state index contributed by atoms with van der Waals surface area (Å²) in [6, 6.07) is 13.8. The standard InChI is InChI=1S/C16H10Cl2N2O/c17-11-5-3-10(4-6-11)16(21)20-14-8-7-13(18)12-2-1-9-19-15(12)14/h1-9H,(H,20,21). The fraction of sp³-hybridized carbons (Fsp3) is 0. The Kier molecular flexibility index (Phi) is 3.78. The lowest BCUT2D eigenvalue weighted by atomic mass is 10.1. The maximum absolute atomic E-state index is 12.2. The van der Waals surface area contributed by atoms with Crippen molar-refractivity contribution >= 4 is 45.7 Å². The number of anilines is 1. The van der Waals surface area contributed by atoms with Crippen LogP contribution in [-0.4, -0.2) is 10.9 Å². The van der Waals surface area contributed by atoms with Gasteiger partial charge in [0.05, 0.1) is 16.2 Å². The number of amides is 1. The molecule has 21 heavy (non-hydrogen) atoms. The minimum Gasteiger partial charge on any atom is -0.320 e. The average Bonchev–Trinajstić information content (AvgIpc) is 2.51. The molecule has 0 atom stereocenters.